The molecule has 11 heteroatoms. The van der Waals surface area contributed by atoms with Crippen molar-refractivity contribution in [1.82, 2.24) is 19.9 Å². The molecular weight excluding hydrogens is 600 g/mol. The SMILES string of the molecule is Cc1ccccc1-c1ccc(CC(=O)N[C@@H](CC(=O)NS(C)(=O)=O)C(C)(C)C)nc1-c1ccc(Cl)c(OCCCN(C)C)c1. The van der Waals surface area contributed by atoms with Crippen LogP contribution >= 0.6 is 11.6 Å². The third kappa shape index (κ3) is 10.6. The van der Waals surface area contributed by atoms with Gasteiger partial charge in [-0.25, -0.2) is 8.42 Å². The molecule has 0 aliphatic heterocycles. The van der Waals surface area contributed by atoms with Crippen molar-refractivity contribution >= 4 is 33.4 Å². The van der Waals surface area contributed by atoms with E-state index in [0.717, 1.165) is 41.5 Å². The lowest BCUT2D eigenvalue weighted by Crippen LogP contribution is -2.47. The second kappa shape index (κ2) is 15.0. The van der Waals surface area contributed by atoms with E-state index in [1.165, 1.54) is 0 Å². The molecule has 2 amide bonds. The van der Waals surface area contributed by atoms with Crippen molar-refractivity contribution in [1.29, 1.82) is 0 Å². The molecular formula is C33H43ClN4O5S. The monoisotopic (exact) mass is 642 g/mol. The van der Waals surface area contributed by atoms with Gasteiger partial charge in [0.05, 0.1) is 35.7 Å². The molecule has 0 unspecified atom stereocenters. The summed E-state index contributed by atoms with van der Waals surface area (Å²) in [6.07, 6.45) is 1.54. The zero-order chi connectivity index (χ0) is 32.7. The summed E-state index contributed by atoms with van der Waals surface area (Å²) in [4.78, 5) is 32.6. The van der Waals surface area contributed by atoms with Crippen molar-refractivity contribution in [3.05, 3.63) is 70.9 Å². The fourth-order valence-corrected chi connectivity index (χ4v) is 5.32. The fraction of sp³-hybridized carbons (Fsp3) is 0.424. The van der Waals surface area contributed by atoms with Gasteiger partial charge in [-0.2, -0.15) is 0 Å². The second-order valence-corrected chi connectivity index (χ2v) is 14.5. The number of nitrogens with one attached hydrogen (secondary N) is 2. The molecule has 0 saturated carbocycles. The van der Waals surface area contributed by atoms with Gasteiger partial charge in [-0.1, -0.05) is 68.8 Å². The van der Waals surface area contributed by atoms with Gasteiger partial charge in [0.25, 0.3) is 0 Å². The van der Waals surface area contributed by atoms with E-state index in [-0.39, 0.29) is 18.7 Å². The Hall–Kier alpha value is -3.47. The maximum atomic E-state index is 13.2. The van der Waals surface area contributed by atoms with Crippen LogP contribution in [0, 0.1) is 12.3 Å². The fourth-order valence-electron chi connectivity index (χ4n) is 4.65. The van der Waals surface area contributed by atoms with Crippen molar-refractivity contribution in [3.63, 3.8) is 0 Å². The number of rotatable bonds is 13. The Kier molecular flexibility index (Phi) is 11.9. The van der Waals surface area contributed by atoms with Crippen LogP contribution in [0.5, 0.6) is 5.75 Å². The van der Waals surface area contributed by atoms with Crippen LogP contribution in [0.25, 0.3) is 22.4 Å². The molecule has 3 rings (SSSR count). The number of carbonyl (C=O) groups is 2. The van der Waals surface area contributed by atoms with E-state index >= 15 is 0 Å². The topological polar surface area (TPSA) is 118 Å². The molecule has 0 saturated heterocycles. The quantitative estimate of drug-likeness (QED) is 0.245. The van der Waals surface area contributed by atoms with Crippen LogP contribution < -0.4 is 14.8 Å². The molecule has 9 nitrogen and oxygen atoms in total. The normalized spacial score (nSPS) is 12.6. The van der Waals surface area contributed by atoms with Gasteiger partial charge in [0.15, 0.2) is 0 Å². The van der Waals surface area contributed by atoms with Gasteiger partial charge in [0.2, 0.25) is 21.8 Å². The van der Waals surface area contributed by atoms with Gasteiger partial charge >= 0.3 is 0 Å². The number of hydrogen-bond donors (Lipinski definition) is 2. The van der Waals surface area contributed by atoms with Crippen molar-refractivity contribution in [2.24, 2.45) is 5.41 Å². The number of nitrogens with zero attached hydrogens (tertiary/aromatic N) is 2. The number of sulfonamides is 1. The zero-order valence-corrected chi connectivity index (χ0v) is 28.1. The summed E-state index contributed by atoms with van der Waals surface area (Å²) in [6.45, 7) is 9.06. The molecule has 1 aromatic heterocycles. The minimum absolute atomic E-state index is 0.0389. The van der Waals surface area contributed by atoms with E-state index in [9.17, 15) is 18.0 Å². The zero-order valence-electron chi connectivity index (χ0n) is 26.5. The average Bonchev–Trinajstić information content (AvgIpc) is 2.90. The summed E-state index contributed by atoms with van der Waals surface area (Å²) in [5, 5.41) is 3.41. The molecule has 2 aromatic carbocycles. The number of carbonyl (C=O) groups excluding carboxylic acids is 2. The van der Waals surface area contributed by atoms with Crippen molar-refractivity contribution in [2.45, 2.75) is 53.0 Å². The molecule has 0 aliphatic carbocycles. The first-order valence-electron chi connectivity index (χ1n) is 14.5. The first-order valence-corrected chi connectivity index (χ1v) is 16.7. The van der Waals surface area contributed by atoms with E-state index in [0.29, 0.717) is 28.8 Å². The summed E-state index contributed by atoms with van der Waals surface area (Å²) in [6, 6.07) is 16.8. The number of benzene rings is 2. The minimum Gasteiger partial charge on any atom is -0.492 e. The maximum absolute atomic E-state index is 13.2. The number of ether oxygens (including phenoxy) is 1. The molecule has 0 aliphatic rings. The molecule has 1 heterocycles. The lowest BCUT2D eigenvalue weighted by Gasteiger charge is -2.31. The van der Waals surface area contributed by atoms with E-state index in [4.69, 9.17) is 21.3 Å². The highest BCUT2D eigenvalue weighted by Gasteiger charge is 2.29. The molecule has 2 N–H and O–H groups in total. The molecule has 0 radical (unpaired) electrons. The second-order valence-electron chi connectivity index (χ2n) is 12.3. The van der Waals surface area contributed by atoms with E-state index in [1.54, 1.807) is 6.07 Å². The van der Waals surface area contributed by atoms with Gasteiger partial charge in [-0.15, -0.1) is 0 Å². The van der Waals surface area contributed by atoms with Crippen LogP contribution in [0.2, 0.25) is 5.02 Å². The molecule has 0 spiro atoms. The number of pyridine rings is 1. The van der Waals surface area contributed by atoms with Crippen LogP contribution in [0.3, 0.4) is 0 Å². The molecule has 238 valence electrons. The van der Waals surface area contributed by atoms with Gasteiger partial charge < -0.3 is 15.0 Å². The minimum atomic E-state index is -3.71. The number of amides is 2. The highest BCUT2D eigenvalue weighted by molar-refractivity contribution is 7.89. The van der Waals surface area contributed by atoms with Crippen LogP contribution in [0.1, 0.15) is 44.9 Å². The van der Waals surface area contributed by atoms with Crippen molar-refractivity contribution in [2.75, 3.05) is 33.5 Å². The van der Waals surface area contributed by atoms with Crippen molar-refractivity contribution < 1.29 is 22.7 Å². The Morgan fingerprint density at radius 1 is 1.02 bits per heavy atom. The van der Waals surface area contributed by atoms with E-state index in [1.807, 2.05) is 95.0 Å². The lowest BCUT2D eigenvalue weighted by atomic mass is 9.84. The first-order chi connectivity index (χ1) is 20.5. The Bertz CT molecular complexity index is 1590. The number of hydrogen-bond acceptors (Lipinski definition) is 7. The number of halogens is 1. The highest BCUT2D eigenvalue weighted by Crippen LogP contribution is 2.36. The van der Waals surface area contributed by atoms with Crippen molar-refractivity contribution in [3.8, 4) is 28.1 Å². The highest BCUT2D eigenvalue weighted by atomic mass is 35.5. The summed E-state index contributed by atoms with van der Waals surface area (Å²) < 4.78 is 31.0. The van der Waals surface area contributed by atoms with E-state index < -0.39 is 27.4 Å². The van der Waals surface area contributed by atoms with Crippen LogP contribution in [0.15, 0.2) is 54.6 Å². The van der Waals surface area contributed by atoms with Gasteiger partial charge in [-0.3, -0.25) is 19.3 Å². The van der Waals surface area contributed by atoms with Crippen LogP contribution in [-0.2, 0) is 26.0 Å². The first kappa shape index (κ1) is 35.0. The van der Waals surface area contributed by atoms with Gasteiger partial charge in [0, 0.05) is 30.1 Å². The Morgan fingerprint density at radius 3 is 2.36 bits per heavy atom. The Morgan fingerprint density at radius 2 is 1.73 bits per heavy atom. The maximum Gasteiger partial charge on any atom is 0.235 e. The van der Waals surface area contributed by atoms with Crippen LogP contribution in [-0.4, -0.2) is 69.7 Å². The summed E-state index contributed by atoms with van der Waals surface area (Å²) in [5.41, 5.74) is 4.49. The number of aromatic nitrogens is 1. The van der Waals surface area contributed by atoms with Gasteiger partial charge in [-0.05, 0) is 62.2 Å². The molecule has 0 fully saturated rings. The third-order valence-electron chi connectivity index (χ3n) is 7.01. The largest absolute Gasteiger partial charge is 0.492 e. The number of aryl methyl sites for hydroxylation is 1. The third-order valence-corrected chi connectivity index (χ3v) is 7.92. The lowest BCUT2D eigenvalue weighted by molar-refractivity contribution is -0.123. The summed E-state index contributed by atoms with van der Waals surface area (Å²) in [5.74, 6) is -0.456. The summed E-state index contributed by atoms with van der Waals surface area (Å²) >= 11 is 6.49. The van der Waals surface area contributed by atoms with Gasteiger partial charge in [0.1, 0.15) is 5.75 Å². The molecule has 0 bridgehead atoms. The molecule has 44 heavy (non-hydrogen) atoms. The molecule has 1 atom stereocenters. The van der Waals surface area contributed by atoms with Crippen LogP contribution in [0.4, 0.5) is 0 Å². The Labute approximate surface area is 266 Å². The Balaban J connectivity index is 1.93. The standard InChI is InChI=1S/C33H43ClN4O5S/c1-22-11-8-9-12-25(22)26-15-14-24(20-30(39)36-29(33(2,3)4)21-31(40)37-44(7,41)42)35-32(26)23-13-16-27(34)28(19-23)43-18-10-17-38(5)6/h8-9,11-16,19,29H,10,17-18,20-21H2,1-7H3,(H,36,39)(H,37,40)/t29-/m0/s1. The predicted octanol–water partition coefficient (Wildman–Crippen LogP) is 5.25. The predicted molar refractivity (Wildman–Crippen MR) is 176 cm³/mol. The summed E-state index contributed by atoms with van der Waals surface area (Å²) in [7, 11) is 0.315. The average molecular weight is 643 g/mol. The molecule has 3 aromatic rings. The smallest absolute Gasteiger partial charge is 0.235 e. The van der Waals surface area contributed by atoms with E-state index in [2.05, 4.69) is 10.2 Å².